The van der Waals surface area contributed by atoms with Gasteiger partial charge >= 0.3 is 0 Å². The summed E-state index contributed by atoms with van der Waals surface area (Å²) in [6, 6.07) is 0. The second-order valence-corrected chi connectivity index (χ2v) is 3.32. The first-order valence-electron chi connectivity index (χ1n) is 3.85. The Morgan fingerprint density at radius 3 is 3.23 bits per heavy atom. The van der Waals surface area contributed by atoms with Gasteiger partial charge in [-0.25, -0.2) is 4.98 Å². The Bertz CT molecular complexity index is 366. The summed E-state index contributed by atoms with van der Waals surface area (Å²) in [5.41, 5.74) is 1.01. The van der Waals surface area contributed by atoms with Crippen molar-refractivity contribution < 1.29 is 0 Å². The Hall–Kier alpha value is -1.27. The van der Waals surface area contributed by atoms with Gasteiger partial charge in [0.2, 0.25) is 0 Å². The molecule has 0 aliphatic carbocycles. The third-order valence-corrected chi connectivity index (χ3v) is 2.28. The molecular formula is C7H9N5S. The first-order chi connectivity index (χ1) is 6.40. The average Bonchev–Trinajstić information content (AvgIpc) is 2.70. The number of nitrogens with zero attached hydrogens (tertiary/aromatic N) is 4. The van der Waals surface area contributed by atoms with Crippen molar-refractivity contribution in [2.75, 3.05) is 7.05 Å². The number of imidazole rings is 1. The van der Waals surface area contributed by atoms with E-state index in [1.807, 2.05) is 17.8 Å². The van der Waals surface area contributed by atoms with Crippen molar-refractivity contribution >= 4 is 11.5 Å². The van der Waals surface area contributed by atoms with Gasteiger partial charge in [0.25, 0.3) is 0 Å². The molecule has 2 aromatic rings. The zero-order valence-corrected chi connectivity index (χ0v) is 7.95. The third-order valence-electron chi connectivity index (χ3n) is 1.60. The zero-order chi connectivity index (χ0) is 9.10. The lowest BCUT2D eigenvalue weighted by Crippen LogP contribution is -2.04. The van der Waals surface area contributed by atoms with Gasteiger partial charge in [0.1, 0.15) is 11.3 Å². The molecule has 68 valence electrons. The highest BCUT2D eigenvalue weighted by Gasteiger charge is 2.01. The van der Waals surface area contributed by atoms with E-state index in [2.05, 4.69) is 19.9 Å². The SMILES string of the molecule is CNCc1cn(-c2cnns2)cn1. The summed E-state index contributed by atoms with van der Waals surface area (Å²) in [5, 5.41) is 7.78. The summed E-state index contributed by atoms with van der Waals surface area (Å²) in [6.45, 7) is 0.777. The van der Waals surface area contributed by atoms with Gasteiger partial charge in [0.05, 0.1) is 11.9 Å². The largest absolute Gasteiger partial charge is 0.314 e. The van der Waals surface area contributed by atoms with Gasteiger partial charge in [-0.3, -0.25) is 4.57 Å². The van der Waals surface area contributed by atoms with Gasteiger partial charge in [0.15, 0.2) is 0 Å². The van der Waals surface area contributed by atoms with Crippen molar-refractivity contribution in [3.63, 3.8) is 0 Å². The van der Waals surface area contributed by atoms with Gasteiger partial charge in [-0.2, -0.15) is 0 Å². The molecule has 5 nitrogen and oxygen atoms in total. The van der Waals surface area contributed by atoms with Crippen LogP contribution in [0.25, 0.3) is 5.00 Å². The standard InChI is InChI=1S/C7H9N5S/c1-8-2-6-4-12(5-9-6)7-3-10-11-13-7/h3-5,8H,2H2,1H3. The molecule has 0 saturated heterocycles. The van der Waals surface area contributed by atoms with Crippen molar-refractivity contribution in [3.05, 3.63) is 24.4 Å². The summed E-state index contributed by atoms with van der Waals surface area (Å²) < 4.78 is 5.70. The molecule has 0 aliphatic rings. The first kappa shape index (κ1) is 8.33. The molecule has 0 unspecified atom stereocenters. The van der Waals surface area contributed by atoms with Crippen LogP contribution in [0.4, 0.5) is 0 Å². The van der Waals surface area contributed by atoms with Gasteiger partial charge in [-0.1, -0.05) is 4.49 Å². The van der Waals surface area contributed by atoms with Gasteiger partial charge in [0, 0.05) is 24.3 Å². The highest BCUT2D eigenvalue weighted by atomic mass is 32.1. The maximum absolute atomic E-state index is 4.21. The fourth-order valence-corrected chi connectivity index (χ4v) is 1.50. The molecule has 6 heteroatoms. The van der Waals surface area contributed by atoms with Crippen LogP contribution < -0.4 is 5.32 Å². The van der Waals surface area contributed by atoms with Gasteiger partial charge in [-0.05, 0) is 7.05 Å². The number of hydrogen-bond acceptors (Lipinski definition) is 5. The lowest BCUT2D eigenvalue weighted by atomic mass is 10.5. The molecule has 0 fully saturated rings. The number of nitrogens with one attached hydrogen (secondary N) is 1. The topological polar surface area (TPSA) is 55.6 Å². The molecule has 0 aliphatic heterocycles. The van der Waals surface area contributed by atoms with Crippen LogP contribution in [-0.2, 0) is 6.54 Å². The van der Waals surface area contributed by atoms with Gasteiger partial charge < -0.3 is 5.32 Å². The lowest BCUT2D eigenvalue weighted by molar-refractivity contribution is 0.796. The Balaban J connectivity index is 2.23. The van der Waals surface area contributed by atoms with E-state index in [-0.39, 0.29) is 0 Å². The summed E-state index contributed by atoms with van der Waals surface area (Å²) >= 11 is 1.35. The fraction of sp³-hybridized carbons (Fsp3) is 0.286. The molecule has 0 saturated carbocycles. The average molecular weight is 195 g/mol. The highest BCUT2D eigenvalue weighted by molar-refractivity contribution is 7.08. The molecule has 2 aromatic heterocycles. The molecule has 0 radical (unpaired) electrons. The van der Waals surface area contributed by atoms with E-state index in [4.69, 9.17) is 0 Å². The molecule has 2 rings (SSSR count). The summed E-state index contributed by atoms with van der Waals surface area (Å²) in [5.74, 6) is 0. The summed E-state index contributed by atoms with van der Waals surface area (Å²) in [4.78, 5) is 4.21. The van der Waals surface area contributed by atoms with E-state index in [0.29, 0.717) is 0 Å². The number of hydrogen-bond donors (Lipinski definition) is 1. The third kappa shape index (κ3) is 1.73. The first-order valence-corrected chi connectivity index (χ1v) is 4.62. The second-order valence-electron chi connectivity index (χ2n) is 2.56. The van der Waals surface area contributed by atoms with Crippen molar-refractivity contribution in [1.29, 1.82) is 0 Å². The van der Waals surface area contributed by atoms with Crippen LogP contribution >= 0.6 is 11.5 Å². The quantitative estimate of drug-likeness (QED) is 0.772. The number of aromatic nitrogens is 4. The van der Waals surface area contributed by atoms with Crippen LogP contribution in [0.1, 0.15) is 5.69 Å². The monoisotopic (exact) mass is 195 g/mol. The number of rotatable bonds is 3. The summed E-state index contributed by atoms with van der Waals surface area (Å²) in [6.07, 6.45) is 5.45. The van der Waals surface area contributed by atoms with Gasteiger partial charge in [-0.15, -0.1) is 5.10 Å². The minimum absolute atomic E-state index is 0.777. The molecule has 0 aromatic carbocycles. The van der Waals surface area contributed by atoms with E-state index in [9.17, 15) is 0 Å². The Morgan fingerprint density at radius 2 is 2.54 bits per heavy atom. The predicted molar refractivity (Wildman–Crippen MR) is 49.8 cm³/mol. The van der Waals surface area contributed by atoms with Crippen LogP contribution in [0.15, 0.2) is 18.7 Å². The van der Waals surface area contributed by atoms with E-state index in [1.54, 1.807) is 12.5 Å². The fourth-order valence-electron chi connectivity index (χ4n) is 1.03. The van der Waals surface area contributed by atoms with Crippen molar-refractivity contribution in [1.82, 2.24) is 24.5 Å². The minimum Gasteiger partial charge on any atom is -0.314 e. The van der Waals surface area contributed by atoms with E-state index in [0.717, 1.165) is 17.2 Å². The van der Waals surface area contributed by atoms with Crippen molar-refractivity contribution in [3.8, 4) is 5.00 Å². The minimum atomic E-state index is 0.777. The van der Waals surface area contributed by atoms with E-state index in [1.165, 1.54) is 11.5 Å². The zero-order valence-electron chi connectivity index (χ0n) is 7.14. The normalized spacial score (nSPS) is 10.5. The molecule has 0 bridgehead atoms. The maximum atomic E-state index is 4.21. The molecule has 13 heavy (non-hydrogen) atoms. The predicted octanol–water partition coefficient (Wildman–Crippen LogP) is 0.443. The van der Waals surface area contributed by atoms with Crippen LogP contribution in [0, 0.1) is 0 Å². The smallest absolute Gasteiger partial charge is 0.141 e. The highest BCUT2D eigenvalue weighted by Crippen LogP contribution is 2.10. The van der Waals surface area contributed by atoms with Crippen molar-refractivity contribution in [2.24, 2.45) is 0 Å². The van der Waals surface area contributed by atoms with E-state index >= 15 is 0 Å². The van der Waals surface area contributed by atoms with E-state index < -0.39 is 0 Å². The van der Waals surface area contributed by atoms with Crippen LogP contribution in [0.3, 0.4) is 0 Å². The van der Waals surface area contributed by atoms with Crippen LogP contribution in [0.5, 0.6) is 0 Å². The lowest BCUT2D eigenvalue weighted by Gasteiger charge is -1.92. The molecule has 1 N–H and O–H groups in total. The maximum Gasteiger partial charge on any atom is 0.141 e. The molecular weight excluding hydrogens is 186 g/mol. The molecule has 0 spiro atoms. The van der Waals surface area contributed by atoms with Crippen molar-refractivity contribution in [2.45, 2.75) is 6.54 Å². The Labute approximate surface area is 79.6 Å². The summed E-state index contributed by atoms with van der Waals surface area (Å²) in [7, 11) is 1.90. The van der Waals surface area contributed by atoms with Crippen LogP contribution in [0.2, 0.25) is 0 Å². The Morgan fingerprint density at radius 1 is 1.62 bits per heavy atom. The Kier molecular flexibility index (Phi) is 2.33. The molecule has 2 heterocycles. The van der Waals surface area contributed by atoms with Crippen LogP contribution in [-0.4, -0.2) is 26.2 Å². The molecule has 0 atom stereocenters. The second kappa shape index (κ2) is 3.63. The molecule has 0 amide bonds.